The Morgan fingerprint density at radius 2 is 2.32 bits per heavy atom. The van der Waals surface area contributed by atoms with Gasteiger partial charge in [0.2, 0.25) is 0 Å². The predicted octanol–water partition coefficient (Wildman–Crippen LogP) is 1.75. The second-order valence-electron chi connectivity index (χ2n) is 4.91. The molecule has 2 N–H and O–H groups in total. The molecule has 0 saturated carbocycles. The number of aliphatic hydroxyl groups is 1. The summed E-state index contributed by atoms with van der Waals surface area (Å²) in [5, 5.41) is 12.2. The van der Waals surface area contributed by atoms with Crippen LogP contribution < -0.4 is 10.2 Å². The minimum absolute atomic E-state index is 0.319. The van der Waals surface area contributed by atoms with Crippen LogP contribution in [-0.4, -0.2) is 35.6 Å². The van der Waals surface area contributed by atoms with Gasteiger partial charge in [-0.2, -0.15) is 11.8 Å². The van der Waals surface area contributed by atoms with E-state index in [4.69, 9.17) is 0 Å². The van der Waals surface area contributed by atoms with Crippen molar-refractivity contribution in [2.75, 3.05) is 28.8 Å². The second kappa shape index (κ2) is 4.68. The summed E-state index contributed by atoms with van der Waals surface area (Å²) in [5.74, 6) is 1.19. The van der Waals surface area contributed by atoms with Crippen LogP contribution in [0.3, 0.4) is 0 Å². The number of carbonyl (C=O) groups excluding carboxylic acids is 1. The van der Waals surface area contributed by atoms with Crippen LogP contribution in [0.4, 0.5) is 15.8 Å². The quantitative estimate of drug-likeness (QED) is 0.868. The molecule has 0 spiro atoms. The Bertz CT molecular complexity index is 532. The predicted molar refractivity (Wildman–Crippen MR) is 74.1 cm³/mol. The molecule has 1 aromatic carbocycles. The first-order valence-electron chi connectivity index (χ1n) is 6.21. The summed E-state index contributed by atoms with van der Waals surface area (Å²) in [5.41, 5.74) is 1.30. The molecule has 2 heterocycles. The molecule has 6 heteroatoms. The maximum absolute atomic E-state index is 14.2. The van der Waals surface area contributed by atoms with Crippen LogP contribution in [-0.2, 0) is 4.79 Å². The molecule has 3 rings (SSSR count). The zero-order chi connectivity index (χ0) is 13.6. The molecule has 2 unspecified atom stereocenters. The number of fused-ring (bicyclic) bond motifs is 1. The maximum Gasteiger partial charge on any atom is 0.257 e. The fourth-order valence-corrected chi connectivity index (χ4v) is 3.82. The van der Waals surface area contributed by atoms with Gasteiger partial charge in [-0.3, -0.25) is 4.79 Å². The number of hydrogen-bond acceptors (Lipinski definition) is 4. The van der Waals surface area contributed by atoms with E-state index in [1.165, 1.54) is 6.07 Å². The average Bonchev–Trinajstić information content (AvgIpc) is 3.00. The highest BCUT2D eigenvalue weighted by molar-refractivity contribution is 7.99. The summed E-state index contributed by atoms with van der Waals surface area (Å²) in [6.07, 6.45) is -0.224. The van der Waals surface area contributed by atoms with Crippen molar-refractivity contribution in [1.29, 1.82) is 0 Å². The molecule has 0 bridgehead atoms. The van der Waals surface area contributed by atoms with Gasteiger partial charge in [0.25, 0.3) is 5.91 Å². The molecule has 19 heavy (non-hydrogen) atoms. The van der Waals surface area contributed by atoms with E-state index in [1.54, 1.807) is 6.07 Å². The fourth-order valence-electron chi connectivity index (χ4n) is 2.55. The molecule has 0 radical (unpaired) electrons. The van der Waals surface area contributed by atoms with Crippen molar-refractivity contribution < 1.29 is 14.3 Å². The van der Waals surface area contributed by atoms with Crippen LogP contribution in [0.1, 0.15) is 18.1 Å². The molecule has 4 nitrogen and oxygen atoms in total. The Morgan fingerprint density at radius 3 is 3.00 bits per heavy atom. The fraction of sp³-hybridized carbons (Fsp3) is 0.462. The number of anilines is 2. The minimum Gasteiger partial charge on any atom is -0.378 e. The maximum atomic E-state index is 14.2. The molecular formula is C13H15FN2O2S. The molecular weight excluding hydrogens is 267 g/mol. The Morgan fingerprint density at radius 1 is 1.53 bits per heavy atom. The topological polar surface area (TPSA) is 52.6 Å². The smallest absolute Gasteiger partial charge is 0.257 e. The minimum atomic E-state index is -1.26. The first-order valence-corrected chi connectivity index (χ1v) is 7.36. The molecule has 1 fully saturated rings. The SMILES string of the molecule is CN(c1cc2c(cc1F)C(O)C(=O)N2)C1CCSC1. The van der Waals surface area contributed by atoms with Crippen molar-refractivity contribution >= 4 is 29.0 Å². The van der Waals surface area contributed by atoms with Gasteiger partial charge in [-0.05, 0) is 24.3 Å². The number of benzene rings is 1. The zero-order valence-electron chi connectivity index (χ0n) is 10.5. The average molecular weight is 282 g/mol. The van der Waals surface area contributed by atoms with Crippen LogP contribution in [0.5, 0.6) is 0 Å². The molecule has 1 saturated heterocycles. The van der Waals surface area contributed by atoms with Crippen LogP contribution in [0.2, 0.25) is 0 Å². The lowest BCUT2D eigenvalue weighted by Crippen LogP contribution is -2.32. The Hall–Kier alpha value is -1.27. The Kier molecular flexibility index (Phi) is 3.14. The monoisotopic (exact) mass is 282 g/mol. The highest BCUT2D eigenvalue weighted by Crippen LogP contribution is 2.37. The van der Waals surface area contributed by atoms with Gasteiger partial charge in [0.05, 0.1) is 5.69 Å². The molecule has 2 aliphatic rings. The second-order valence-corrected chi connectivity index (χ2v) is 6.06. The highest BCUT2D eigenvalue weighted by atomic mass is 32.2. The van der Waals surface area contributed by atoms with Crippen LogP contribution >= 0.6 is 11.8 Å². The molecule has 1 amide bonds. The lowest BCUT2D eigenvalue weighted by Gasteiger charge is -2.27. The molecule has 1 aromatic rings. The van der Waals surface area contributed by atoms with Gasteiger partial charge in [0.15, 0.2) is 6.10 Å². The van der Waals surface area contributed by atoms with Crippen molar-refractivity contribution in [2.24, 2.45) is 0 Å². The molecule has 2 aliphatic heterocycles. The number of halogens is 1. The third-order valence-electron chi connectivity index (χ3n) is 3.75. The Balaban J connectivity index is 1.95. The number of thioether (sulfide) groups is 1. The first-order chi connectivity index (χ1) is 9.08. The van der Waals surface area contributed by atoms with Crippen LogP contribution in [0, 0.1) is 5.82 Å². The van der Waals surface area contributed by atoms with Crippen molar-refractivity contribution in [3.63, 3.8) is 0 Å². The van der Waals surface area contributed by atoms with Crippen molar-refractivity contribution in [1.82, 2.24) is 0 Å². The summed E-state index contributed by atoms with van der Waals surface area (Å²) >= 11 is 1.86. The van der Waals surface area contributed by atoms with Gasteiger partial charge in [0, 0.05) is 30.1 Å². The van der Waals surface area contributed by atoms with Gasteiger partial charge in [-0.1, -0.05) is 0 Å². The summed E-state index contributed by atoms with van der Waals surface area (Å²) in [7, 11) is 1.87. The third-order valence-corrected chi connectivity index (χ3v) is 4.90. The van der Waals surface area contributed by atoms with Gasteiger partial charge in [-0.15, -0.1) is 0 Å². The van der Waals surface area contributed by atoms with Crippen LogP contribution in [0.15, 0.2) is 12.1 Å². The van der Waals surface area contributed by atoms with E-state index in [9.17, 15) is 14.3 Å². The van der Waals surface area contributed by atoms with Crippen molar-refractivity contribution in [3.05, 3.63) is 23.5 Å². The number of aliphatic hydroxyl groups excluding tert-OH is 1. The molecule has 102 valence electrons. The zero-order valence-corrected chi connectivity index (χ0v) is 11.3. The van der Waals surface area contributed by atoms with Crippen molar-refractivity contribution in [2.45, 2.75) is 18.6 Å². The largest absolute Gasteiger partial charge is 0.378 e. The number of nitrogens with one attached hydrogen (secondary N) is 1. The van der Waals surface area contributed by atoms with Crippen LogP contribution in [0.25, 0.3) is 0 Å². The van der Waals surface area contributed by atoms with E-state index < -0.39 is 17.8 Å². The lowest BCUT2D eigenvalue weighted by molar-refractivity contribution is -0.123. The summed E-state index contributed by atoms with van der Waals surface area (Å²) in [6.45, 7) is 0. The van der Waals surface area contributed by atoms with E-state index in [0.717, 1.165) is 17.9 Å². The normalized spacial score (nSPS) is 25.3. The van der Waals surface area contributed by atoms with Gasteiger partial charge in [0.1, 0.15) is 5.82 Å². The molecule has 2 atom stereocenters. The van der Waals surface area contributed by atoms with E-state index in [0.29, 0.717) is 23.0 Å². The summed E-state index contributed by atoms with van der Waals surface area (Å²) in [4.78, 5) is 13.3. The standard InChI is InChI=1S/C13H15FN2O2S/c1-16(7-2-3-19-6-7)11-5-10-8(4-9(11)14)12(17)13(18)15-10/h4-5,7,12,17H,2-3,6H2,1H3,(H,15,18). The first kappa shape index (κ1) is 12.7. The van der Waals surface area contributed by atoms with Gasteiger partial charge < -0.3 is 15.3 Å². The number of hydrogen-bond donors (Lipinski definition) is 2. The summed E-state index contributed by atoms with van der Waals surface area (Å²) < 4.78 is 14.2. The van der Waals surface area contributed by atoms with Gasteiger partial charge in [-0.25, -0.2) is 4.39 Å². The number of amides is 1. The van der Waals surface area contributed by atoms with E-state index in [1.807, 2.05) is 23.7 Å². The van der Waals surface area contributed by atoms with E-state index in [2.05, 4.69) is 5.32 Å². The van der Waals surface area contributed by atoms with E-state index >= 15 is 0 Å². The number of carbonyl (C=O) groups is 1. The Labute approximate surface area is 115 Å². The third kappa shape index (κ3) is 2.08. The van der Waals surface area contributed by atoms with Gasteiger partial charge >= 0.3 is 0 Å². The van der Waals surface area contributed by atoms with E-state index in [-0.39, 0.29) is 0 Å². The lowest BCUT2D eigenvalue weighted by atomic mass is 10.1. The molecule has 0 aromatic heterocycles. The number of nitrogens with zero attached hydrogens (tertiary/aromatic N) is 1. The number of rotatable bonds is 2. The van der Waals surface area contributed by atoms with Crippen molar-refractivity contribution in [3.8, 4) is 0 Å². The summed E-state index contributed by atoms with van der Waals surface area (Å²) in [6, 6.07) is 3.19. The highest BCUT2D eigenvalue weighted by Gasteiger charge is 2.31. The molecule has 0 aliphatic carbocycles.